The minimum Gasteiger partial charge on any atom is -0.396 e. The van der Waals surface area contributed by atoms with Gasteiger partial charge in [0, 0.05) is 56.8 Å². The summed E-state index contributed by atoms with van der Waals surface area (Å²) in [6, 6.07) is 4.29. The van der Waals surface area contributed by atoms with Gasteiger partial charge in [0.25, 0.3) is 0 Å². The van der Waals surface area contributed by atoms with Crippen LogP contribution in [0.4, 0.5) is 17.5 Å². The summed E-state index contributed by atoms with van der Waals surface area (Å²) in [5.74, 6) is 3.32. The second kappa shape index (κ2) is 8.31. The van der Waals surface area contributed by atoms with Crippen LogP contribution in [0.25, 0.3) is 10.2 Å². The number of hydrogen-bond acceptors (Lipinski definition) is 9. The summed E-state index contributed by atoms with van der Waals surface area (Å²) < 4.78 is 0. The summed E-state index contributed by atoms with van der Waals surface area (Å²) in [7, 11) is 0. The van der Waals surface area contributed by atoms with Crippen molar-refractivity contribution in [2.75, 3.05) is 60.6 Å². The number of aliphatic hydroxyl groups is 1. The number of hydrogen-bond donors (Lipinski definition) is 1. The van der Waals surface area contributed by atoms with Gasteiger partial charge in [0.05, 0.1) is 5.39 Å². The van der Waals surface area contributed by atoms with E-state index < -0.39 is 0 Å². The van der Waals surface area contributed by atoms with Gasteiger partial charge in [-0.3, -0.25) is 0 Å². The fourth-order valence-corrected chi connectivity index (χ4v) is 5.31. The summed E-state index contributed by atoms with van der Waals surface area (Å²) >= 11 is 1.72. The average molecular weight is 426 g/mol. The third-order valence-electron chi connectivity index (χ3n) is 6.07. The number of aryl methyl sites for hydroxylation is 1. The molecule has 2 aliphatic heterocycles. The Hall–Kier alpha value is -2.52. The van der Waals surface area contributed by atoms with Crippen molar-refractivity contribution in [3.05, 3.63) is 29.7 Å². The molecule has 0 aliphatic carbocycles. The Bertz CT molecular complexity index is 1020. The van der Waals surface area contributed by atoms with Crippen LogP contribution in [0.3, 0.4) is 0 Å². The van der Waals surface area contributed by atoms with Crippen molar-refractivity contribution in [3.8, 4) is 0 Å². The lowest BCUT2D eigenvalue weighted by Gasteiger charge is -2.37. The fraction of sp³-hybridized carbons (Fsp3) is 0.524. The molecule has 9 heteroatoms. The molecule has 2 fully saturated rings. The highest BCUT2D eigenvalue weighted by Crippen LogP contribution is 2.31. The molecule has 0 saturated carbocycles. The Balaban J connectivity index is 1.29. The maximum absolute atomic E-state index is 9.52. The van der Waals surface area contributed by atoms with Crippen LogP contribution in [0.2, 0.25) is 0 Å². The lowest BCUT2D eigenvalue weighted by Crippen LogP contribution is -2.47. The van der Waals surface area contributed by atoms with Gasteiger partial charge in [-0.25, -0.2) is 19.9 Å². The van der Waals surface area contributed by atoms with Crippen molar-refractivity contribution in [1.82, 2.24) is 19.9 Å². The van der Waals surface area contributed by atoms with Gasteiger partial charge in [-0.2, -0.15) is 0 Å². The van der Waals surface area contributed by atoms with Crippen LogP contribution >= 0.6 is 11.3 Å². The van der Waals surface area contributed by atoms with Crippen LogP contribution in [0, 0.1) is 12.8 Å². The van der Waals surface area contributed by atoms with Gasteiger partial charge in [0.1, 0.15) is 34.9 Å². The first kappa shape index (κ1) is 19.4. The third kappa shape index (κ3) is 3.79. The molecule has 8 nitrogen and oxygen atoms in total. The number of thiophene rings is 1. The fourth-order valence-electron chi connectivity index (χ4n) is 4.47. The van der Waals surface area contributed by atoms with Crippen LogP contribution in [0.5, 0.6) is 0 Å². The molecule has 0 spiro atoms. The van der Waals surface area contributed by atoms with Crippen molar-refractivity contribution in [2.45, 2.75) is 19.8 Å². The van der Waals surface area contributed by atoms with E-state index in [0.717, 1.165) is 79.8 Å². The lowest BCUT2D eigenvalue weighted by atomic mass is 9.99. The molecule has 3 aromatic rings. The van der Waals surface area contributed by atoms with E-state index in [1.807, 2.05) is 0 Å². The lowest BCUT2D eigenvalue weighted by molar-refractivity contribution is 0.208. The maximum Gasteiger partial charge on any atom is 0.140 e. The highest BCUT2D eigenvalue weighted by molar-refractivity contribution is 7.18. The predicted octanol–water partition coefficient (Wildman–Crippen LogP) is 2.33. The first-order valence-corrected chi connectivity index (χ1v) is 11.4. The normalized spacial score (nSPS) is 20.2. The molecule has 0 bridgehead atoms. The van der Waals surface area contributed by atoms with Gasteiger partial charge < -0.3 is 19.8 Å². The first-order valence-electron chi connectivity index (χ1n) is 10.6. The highest BCUT2D eigenvalue weighted by Gasteiger charge is 2.24. The molecule has 1 atom stereocenters. The van der Waals surface area contributed by atoms with Crippen molar-refractivity contribution in [2.24, 2.45) is 5.92 Å². The molecule has 3 aromatic heterocycles. The van der Waals surface area contributed by atoms with Crippen LogP contribution < -0.4 is 14.7 Å². The van der Waals surface area contributed by atoms with E-state index in [9.17, 15) is 5.11 Å². The number of piperazine rings is 1. The molecule has 30 heavy (non-hydrogen) atoms. The van der Waals surface area contributed by atoms with Crippen molar-refractivity contribution in [3.63, 3.8) is 0 Å². The van der Waals surface area contributed by atoms with Crippen LogP contribution in [0.1, 0.15) is 17.7 Å². The second-order valence-electron chi connectivity index (χ2n) is 8.12. The standard InChI is InChI=1S/C21H27N7OS/c1-15-9-17-20(24-14-25-21(17)30-15)27-7-5-26(6-8-27)18-10-19(23-13-22-18)28-4-2-3-16(11-28)12-29/h9-10,13-14,16,29H,2-8,11-12H2,1H3. The van der Waals surface area contributed by atoms with Gasteiger partial charge in [0.2, 0.25) is 0 Å². The van der Waals surface area contributed by atoms with Gasteiger partial charge in [-0.05, 0) is 31.7 Å². The average Bonchev–Trinajstić information content (AvgIpc) is 3.19. The molecule has 1 N–H and O–H groups in total. The number of aromatic nitrogens is 4. The Morgan fingerprint density at radius 1 is 0.933 bits per heavy atom. The Labute approximate surface area is 180 Å². The van der Waals surface area contributed by atoms with Crippen LogP contribution in [0.15, 0.2) is 24.8 Å². The summed E-state index contributed by atoms with van der Waals surface area (Å²) in [5.41, 5.74) is 0. The molecule has 1 unspecified atom stereocenters. The quantitative estimate of drug-likeness (QED) is 0.682. The van der Waals surface area contributed by atoms with E-state index in [-0.39, 0.29) is 6.61 Å². The Morgan fingerprint density at radius 2 is 1.67 bits per heavy atom. The van der Waals surface area contributed by atoms with Gasteiger partial charge >= 0.3 is 0 Å². The number of rotatable bonds is 4. The molecule has 0 radical (unpaired) electrons. The zero-order valence-electron chi connectivity index (χ0n) is 17.2. The molecule has 0 aromatic carbocycles. The Morgan fingerprint density at radius 3 is 2.47 bits per heavy atom. The van der Waals surface area contributed by atoms with E-state index in [1.165, 1.54) is 4.88 Å². The summed E-state index contributed by atoms with van der Waals surface area (Å²) in [6.07, 6.45) is 5.53. The number of nitrogens with zero attached hydrogens (tertiary/aromatic N) is 7. The first-order chi connectivity index (χ1) is 14.7. The van der Waals surface area contributed by atoms with E-state index >= 15 is 0 Å². The Kier molecular flexibility index (Phi) is 5.39. The molecule has 5 heterocycles. The van der Waals surface area contributed by atoms with Crippen molar-refractivity contribution >= 4 is 39.0 Å². The molecular weight excluding hydrogens is 398 g/mol. The van der Waals surface area contributed by atoms with Crippen molar-refractivity contribution in [1.29, 1.82) is 0 Å². The topological polar surface area (TPSA) is 81.5 Å². The van der Waals surface area contributed by atoms with E-state index in [4.69, 9.17) is 0 Å². The van der Waals surface area contributed by atoms with Gasteiger partial charge in [-0.1, -0.05) is 0 Å². The van der Waals surface area contributed by atoms with Gasteiger partial charge in [-0.15, -0.1) is 11.3 Å². The van der Waals surface area contributed by atoms with Crippen molar-refractivity contribution < 1.29 is 5.11 Å². The largest absolute Gasteiger partial charge is 0.396 e. The molecule has 158 valence electrons. The van der Waals surface area contributed by atoms with Gasteiger partial charge in [0.15, 0.2) is 0 Å². The summed E-state index contributed by atoms with van der Waals surface area (Å²) in [6.45, 7) is 7.80. The molecule has 5 rings (SSSR count). The number of anilines is 3. The van der Waals surface area contributed by atoms with E-state index in [0.29, 0.717) is 5.92 Å². The molecular formula is C21H27N7OS. The number of piperidine rings is 1. The smallest absolute Gasteiger partial charge is 0.140 e. The minimum absolute atomic E-state index is 0.246. The summed E-state index contributed by atoms with van der Waals surface area (Å²) in [5, 5.41) is 10.7. The molecule has 2 saturated heterocycles. The molecule has 2 aliphatic rings. The number of fused-ring (bicyclic) bond motifs is 1. The maximum atomic E-state index is 9.52. The minimum atomic E-state index is 0.246. The predicted molar refractivity (Wildman–Crippen MR) is 121 cm³/mol. The number of aliphatic hydroxyl groups excluding tert-OH is 1. The zero-order valence-corrected chi connectivity index (χ0v) is 18.1. The van der Waals surface area contributed by atoms with E-state index in [1.54, 1.807) is 24.0 Å². The monoisotopic (exact) mass is 425 g/mol. The summed E-state index contributed by atoms with van der Waals surface area (Å²) in [4.78, 5) is 27.3. The van der Waals surface area contributed by atoms with Crippen LogP contribution in [-0.2, 0) is 0 Å². The second-order valence-corrected chi connectivity index (χ2v) is 9.35. The van der Waals surface area contributed by atoms with E-state index in [2.05, 4.69) is 53.7 Å². The third-order valence-corrected chi connectivity index (χ3v) is 7.03. The zero-order chi connectivity index (χ0) is 20.5. The molecule has 0 amide bonds. The SMILES string of the molecule is Cc1cc2c(N3CCN(c4cc(N5CCCC(CO)C5)ncn4)CC3)ncnc2s1. The van der Waals surface area contributed by atoms with Crippen LogP contribution in [-0.4, -0.2) is 70.9 Å². The highest BCUT2D eigenvalue weighted by atomic mass is 32.1.